The highest BCUT2D eigenvalue weighted by molar-refractivity contribution is 6.02. The lowest BCUT2D eigenvalue weighted by molar-refractivity contribution is 0.0955. The fourth-order valence-electron chi connectivity index (χ4n) is 2.01. The molecule has 2 N–H and O–H groups in total. The Morgan fingerprint density at radius 1 is 1.00 bits per heavy atom. The van der Waals surface area contributed by atoms with E-state index in [0.717, 1.165) is 5.56 Å². The van der Waals surface area contributed by atoms with Crippen molar-refractivity contribution in [3.05, 3.63) is 65.7 Å². The molecule has 0 radical (unpaired) electrons. The molecule has 3 nitrogen and oxygen atoms in total. The van der Waals surface area contributed by atoms with E-state index in [1.54, 1.807) is 12.1 Å². The Morgan fingerprint density at radius 2 is 1.60 bits per heavy atom. The van der Waals surface area contributed by atoms with Crippen molar-refractivity contribution in [1.29, 1.82) is 0 Å². The highest BCUT2D eigenvalue weighted by Gasteiger charge is 2.21. The van der Waals surface area contributed by atoms with E-state index < -0.39 is 6.04 Å². The van der Waals surface area contributed by atoms with Crippen LogP contribution in [0.3, 0.4) is 0 Å². The lowest BCUT2D eigenvalue weighted by atomic mass is 9.97. The largest absolute Gasteiger partial charge is 0.490 e. The second kappa shape index (κ2) is 6.35. The van der Waals surface area contributed by atoms with Gasteiger partial charge in [-0.25, -0.2) is 0 Å². The highest BCUT2D eigenvalue weighted by Crippen LogP contribution is 2.24. The van der Waals surface area contributed by atoms with Crippen LogP contribution in [0.5, 0.6) is 5.75 Å². The Balaban J connectivity index is 2.29. The fourth-order valence-corrected chi connectivity index (χ4v) is 2.01. The standard InChI is InChI=1S/C17H19NO2/c1-12(2)20-15-11-7-6-10-14(15)17(19)16(18)13-8-4-3-5-9-13/h3-12,16H,18H2,1-2H3. The molecule has 0 aromatic heterocycles. The van der Waals surface area contributed by atoms with Crippen molar-refractivity contribution in [3.8, 4) is 5.75 Å². The lowest BCUT2D eigenvalue weighted by Gasteiger charge is -2.16. The Hall–Kier alpha value is -2.13. The monoisotopic (exact) mass is 269 g/mol. The number of carbonyl (C=O) groups excluding carboxylic acids is 1. The zero-order valence-corrected chi connectivity index (χ0v) is 11.7. The third-order valence-electron chi connectivity index (χ3n) is 2.96. The van der Waals surface area contributed by atoms with Crippen LogP contribution in [-0.4, -0.2) is 11.9 Å². The minimum atomic E-state index is -0.673. The number of hydrogen-bond acceptors (Lipinski definition) is 3. The summed E-state index contributed by atoms with van der Waals surface area (Å²) in [6.07, 6.45) is 0.0110. The molecule has 104 valence electrons. The summed E-state index contributed by atoms with van der Waals surface area (Å²) in [6, 6.07) is 15.9. The van der Waals surface area contributed by atoms with Crippen LogP contribution in [0.4, 0.5) is 0 Å². The molecule has 0 aliphatic carbocycles. The van der Waals surface area contributed by atoms with Crippen molar-refractivity contribution in [2.75, 3.05) is 0 Å². The number of Topliss-reactive ketones (excluding diaryl/α,β-unsaturated/α-hetero) is 1. The minimum absolute atomic E-state index is 0.0110. The van der Waals surface area contributed by atoms with Crippen LogP contribution in [0.2, 0.25) is 0 Å². The third kappa shape index (κ3) is 3.25. The zero-order valence-electron chi connectivity index (χ0n) is 11.7. The molecule has 2 aromatic rings. The average molecular weight is 269 g/mol. The number of ether oxygens (including phenoxy) is 1. The summed E-state index contributed by atoms with van der Waals surface area (Å²) in [4.78, 5) is 12.5. The normalized spacial score (nSPS) is 12.2. The first-order valence-corrected chi connectivity index (χ1v) is 6.70. The molecule has 3 heteroatoms. The van der Waals surface area contributed by atoms with Gasteiger partial charge in [0, 0.05) is 0 Å². The van der Waals surface area contributed by atoms with E-state index in [4.69, 9.17) is 10.5 Å². The molecule has 0 aliphatic heterocycles. The Labute approximate surface area is 119 Å². The molecular weight excluding hydrogens is 250 g/mol. The molecule has 0 fully saturated rings. The van der Waals surface area contributed by atoms with Crippen molar-refractivity contribution in [2.24, 2.45) is 5.73 Å². The number of para-hydroxylation sites is 1. The van der Waals surface area contributed by atoms with Gasteiger partial charge >= 0.3 is 0 Å². The van der Waals surface area contributed by atoms with Gasteiger partial charge in [0.05, 0.1) is 17.7 Å². The summed E-state index contributed by atoms with van der Waals surface area (Å²) in [5.74, 6) is 0.450. The van der Waals surface area contributed by atoms with Crippen LogP contribution < -0.4 is 10.5 Å². The van der Waals surface area contributed by atoms with Gasteiger partial charge in [0.25, 0.3) is 0 Å². The summed E-state index contributed by atoms with van der Waals surface area (Å²) in [6.45, 7) is 3.86. The number of hydrogen-bond donors (Lipinski definition) is 1. The van der Waals surface area contributed by atoms with Gasteiger partial charge in [-0.2, -0.15) is 0 Å². The number of rotatable bonds is 5. The molecule has 0 spiro atoms. The first-order valence-electron chi connectivity index (χ1n) is 6.70. The van der Waals surface area contributed by atoms with E-state index in [1.165, 1.54) is 0 Å². The number of benzene rings is 2. The van der Waals surface area contributed by atoms with Crippen LogP contribution >= 0.6 is 0 Å². The zero-order chi connectivity index (χ0) is 14.5. The van der Waals surface area contributed by atoms with Crippen LogP contribution in [0.1, 0.15) is 35.8 Å². The molecular formula is C17H19NO2. The topological polar surface area (TPSA) is 52.3 Å². The van der Waals surface area contributed by atoms with Gasteiger partial charge in [0.2, 0.25) is 0 Å². The van der Waals surface area contributed by atoms with Crippen molar-refractivity contribution < 1.29 is 9.53 Å². The van der Waals surface area contributed by atoms with Crippen LogP contribution in [0.25, 0.3) is 0 Å². The maximum absolute atomic E-state index is 12.5. The maximum Gasteiger partial charge on any atom is 0.187 e. The maximum atomic E-state index is 12.5. The third-order valence-corrected chi connectivity index (χ3v) is 2.96. The smallest absolute Gasteiger partial charge is 0.187 e. The molecule has 20 heavy (non-hydrogen) atoms. The van der Waals surface area contributed by atoms with E-state index in [9.17, 15) is 4.79 Å². The molecule has 1 unspecified atom stereocenters. The van der Waals surface area contributed by atoms with E-state index in [1.807, 2.05) is 56.3 Å². The van der Waals surface area contributed by atoms with Gasteiger partial charge in [0.1, 0.15) is 5.75 Å². The predicted molar refractivity (Wildman–Crippen MR) is 79.9 cm³/mol. The Bertz CT molecular complexity index is 579. The van der Waals surface area contributed by atoms with E-state index in [-0.39, 0.29) is 11.9 Å². The van der Waals surface area contributed by atoms with Crippen molar-refractivity contribution >= 4 is 5.78 Å². The fraction of sp³-hybridized carbons (Fsp3) is 0.235. The Morgan fingerprint density at radius 3 is 2.25 bits per heavy atom. The average Bonchev–Trinajstić information content (AvgIpc) is 2.46. The quantitative estimate of drug-likeness (QED) is 0.847. The molecule has 2 aromatic carbocycles. The van der Waals surface area contributed by atoms with Crippen LogP contribution in [0, 0.1) is 0 Å². The first-order chi connectivity index (χ1) is 9.59. The molecule has 1 atom stereocenters. The number of nitrogens with two attached hydrogens (primary N) is 1. The van der Waals surface area contributed by atoms with Gasteiger partial charge in [-0.05, 0) is 31.5 Å². The van der Waals surface area contributed by atoms with Crippen LogP contribution in [0.15, 0.2) is 54.6 Å². The SMILES string of the molecule is CC(C)Oc1ccccc1C(=O)C(N)c1ccccc1. The lowest BCUT2D eigenvalue weighted by Crippen LogP contribution is -2.22. The number of ketones is 1. The van der Waals surface area contributed by atoms with Crippen LogP contribution in [-0.2, 0) is 0 Å². The molecule has 2 rings (SSSR count). The Kier molecular flexibility index (Phi) is 4.53. The summed E-state index contributed by atoms with van der Waals surface area (Å²) in [7, 11) is 0. The second-order valence-corrected chi connectivity index (χ2v) is 4.92. The van der Waals surface area contributed by atoms with Gasteiger partial charge in [0.15, 0.2) is 5.78 Å². The predicted octanol–water partition coefficient (Wildman–Crippen LogP) is 3.36. The molecule has 0 saturated carbocycles. The summed E-state index contributed by atoms with van der Waals surface area (Å²) in [5.41, 5.74) is 7.39. The molecule has 0 aliphatic rings. The minimum Gasteiger partial charge on any atom is -0.490 e. The van der Waals surface area contributed by atoms with E-state index >= 15 is 0 Å². The van der Waals surface area contributed by atoms with Gasteiger partial charge < -0.3 is 10.5 Å². The van der Waals surface area contributed by atoms with Gasteiger partial charge in [-0.1, -0.05) is 42.5 Å². The summed E-state index contributed by atoms with van der Waals surface area (Å²) in [5, 5.41) is 0. The highest BCUT2D eigenvalue weighted by atomic mass is 16.5. The second-order valence-electron chi connectivity index (χ2n) is 4.92. The van der Waals surface area contributed by atoms with E-state index in [2.05, 4.69) is 0 Å². The first kappa shape index (κ1) is 14.3. The van der Waals surface area contributed by atoms with Gasteiger partial charge in [-0.3, -0.25) is 4.79 Å². The number of carbonyl (C=O) groups is 1. The van der Waals surface area contributed by atoms with E-state index in [0.29, 0.717) is 11.3 Å². The molecule has 0 heterocycles. The molecule has 0 bridgehead atoms. The summed E-state index contributed by atoms with van der Waals surface area (Å²) >= 11 is 0. The van der Waals surface area contributed by atoms with Crippen molar-refractivity contribution in [1.82, 2.24) is 0 Å². The molecule has 0 amide bonds. The van der Waals surface area contributed by atoms with Gasteiger partial charge in [-0.15, -0.1) is 0 Å². The summed E-state index contributed by atoms with van der Waals surface area (Å²) < 4.78 is 5.68. The van der Waals surface area contributed by atoms with Crippen molar-refractivity contribution in [3.63, 3.8) is 0 Å². The molecule has 0 saturated heterocycles. The van der Waals surface area contributed by atoms with Crippen molar-refractivity contribution in [2.45, 2.75) is 26.0 Å².